The molecule has 1 unspecified atom stereocenters. The number of rotatable bonds is 2. The fourth-order valence-corrected chi connectivity index (χ4v) is 5.73. The maximum absolute atomic E-state index is 5.09. The van der Waals surface area contributed by atoms with Crippen molar-refractivity contribution in [2.24, 2.45) is 5.92 Å². The lowest BCUT2D eigenvalue weighted by atomic mass is 9.87. The van der Waals surface area contributed by atoms with Crippen LogP contribution in [-0.4, -0.2) is 4.98 Å². The average Bonchev–Trinajstić information content (AvgIpc) is 3.05. The molecule has 5 rings (SSSR count). The maximum atomic E-state index is 5.09. The molecule has 0 spiro atoms. The van der Waals surface area contributed by atoms with Gasteiger partial charge in [0.25, 0.3) is 0 Å². The van der Waals surface area contributed by atoms with Gasteiger partial charge in [-0.05, 0) is 60.1 Å². The number of halogens is 2. The molecule has 2 aromatic carbocycles. The van der Waals surface area contributed by atoms with Crippen molar-refractivity contribution < 1.29 is 0 Å². The van der Waals surface area contributed by atoms with Crippen molar-refractivity contribution >= 4 is 49.9 Å². The van der Waals surface area contributed by atoms with Gasteiger partial charge in [0, 0.05) is 20.3 Å². The third-order valence-corrected chi connectivity index (χ3v) is 7.17. The van der Waals surface area contributed by atoms with Crippen LogP contribution >= 0.6 is 39.7 Å². The van der Waals surface area contributed by atoms with Crippen LogP contribution in [0.2, 0.25) is 0 Å². The first kappa shape index (κ1) is 19.6. The summed E-state index contributed by atoms with van der Waals surface area (Å²) < 4.78 is 1.09. The normalized spacial score (nSPS) is 15.9. The van der Waals surface area contributed by atoms with Gasteiger partial charge in [-0.15, -0.1) is 23.7 Å². The van der Waals surface area contributed by atoms with Crippen LogP contribution < -0.4 is 0 Å². The van der Waals surface area contributed by atoms with Gasteiger partial charge in [-0.3, -0.25) is 0 Å². The molecule has 0 amide bonds. The van der Waals surface area contributed by atoms with Crippen molar-refractivity contribution in [3.63, 3.8) is 0 Å². The fourth-order valence-electron chi connectivity index (χ4n) is 4.06. The van der Waals surface area contributed by atoms with Crippen LogP contribution in [0.1, 0.15) is 23.8 Å². The Bertz CT molecular complexity index is 1120. The van der Waals surface area contributed by atoms with E-state index in [4.69, 9.17) is 4.98 Å². The Labute approximate surface area is 184 Å². The highest BCUT2D eigenvalue weighted by Gasteiger charge is 2.23. The van der Waals surface area contributed by atoms with Crippen LogP contribution in [0, 0.1) is 5.92 Å². The Morgan fingerprint density at radius 2 is 1.75 bits per heavy atom. The number of nitrogens with zero attached hydrogens (tertiary/aromatic N) is 1. The minimum atomic E-state index is 0. The second kappa shape index (κ2) is 7.98. The molecule has 0 saturated carbocycles. The summed E-state index contributed by atoms with van der Waals surface area (Å²) in [5.74, 6) is 0.775. The Morgan fingerprint density at radius 3 is 2.50 bits per heavy atom. The summed E-state index contributed by atoms with van der Waals surface area (Å²) in [5.41, 5.74) is 6.37. The first-order chi connectivity index (χ1) is 13.2. The van der Waals surface area contributed by atoms with E-state index in [0.717, 1.165) is 21.6 Å². The topological polar surface area (TPSA) is 12.9 Å². The molecular weight excluding hydrogens is 450 g/mol. The Kier molecular flexibility index (Phi) is 5.59. The Morgan fingerprint density at radius 1 is 1.00 bits per heavy atom. The number of aryl methyl sites for hydroxylation is 1. The van der Waals surface area contributed by atoms with E-state index in [-0.39, 0.29) is 12.4 Å². The Hall–Kier alpha value is -1.68. The molecule has 0 fully saturated rings. The van der Waals surface area contributed by atoms with Gasteiger partial charge in [0.2, 0.25) is 0 Å². The number of aromatic nitrogens is 1. The molecular formula is C24H21BrClNS. The van der Waals surface area contributed by atoms with E-state index < -0.39 is 0 Å². The molecule has 1 atom stereocenters. The molecule has 2 aromatic heterocycles. The second-order valence-electron chi connectivity index (χ2n) is 7.46. The minimum absolute atomic E-state index is 0. The summed E-state index contributed by atoms with van der Waals surface area (Å²) in [6.45, 7) is 2.37. The van der Waals surface area contributed by atoms with Gasteiger partial charge < -0.3 is 0 Å². The summed E-state index contributed by atoms with van der Waals surface area (Å²) in [7, 11) is 0. The number of thiophene rings is 1. The van der Waals surface area contributed by atoms with Crippen molar-refractivity contribution in [2.75, 3.05) is 0 Å². The number of hydrogen-bond acceptors (Lipinski definition) is 2. The van der Waals surface area contributed by atoms with E-state index in [2.05, 4.69) is 83.5 Å². The molecule has 1 nitrogen and oxygen atoms in total. The van der Waals surface area contributed by atoms with E-state index in [1.807, 2.05) is 11.3 Å². The zero-order valence-electron chi connectivity index (χ0n) is 15.6. The predicted molar refractivity (Wildman–Crippen MR) is 127 cm³/mol. The maximum Gasteiger partial charge on any atom is 0.125 e. The molecule has 4 heteroatoms. The van der Waals surface area contributed by atoms with Crippen LogP contribution in [0.5, 0.6) is 0 Å². The summed E-state index contributed by atoms with van der Waals surface area (Å²) in [6.07, 6.45) is 3.65. The lowest BCUT2D eigenvalue weighted by molar-refractivity contribution is 0.509. The van der Waals surface area contributed by atoms with Crippen molar-refractivity contribution in [3.8, 4) is 22.4 Å². The quantitative estimate of drug-likeness (QED) is 0.290. The third-order valence-electron chi connectivity index (χ3n) is 5.49. The third kappa shape index (κ3) is 3.52. The van der Waals surface area contributed by atoms with Gasteiger partial charge >= 0.3 is 0 Å². The van der Waals surface area contributed by atoms with Crippen molar-refractivity contribution in [1.29, 1.82) is 0 Å². The zero-order valence-corrected chi connectivity index (χ0v) is 18.8. The molecule has 1 aliphatic rings. The van der Waals surface area contributed by atoms with Gasteiger partial charge in [-0.1, -0.05) is 65.3 Å². The smallest absolute Gasteiger partial charge is 0.125 e. The SMILES string of the molecule is CC1CCc2c(sc3nc(-c4ccc(Br)cc4)cc(-c4ccccc4)c23)C1.Cl. The average molecular weight is 471 g/mol. The van der Waals surface area contributed by atoms with E-state index in [9.17, 15) is 0 Å². The van der Waals surface area contributed by atoms with Crippen LogP contribution in [0.25, 0.3) is 32.6 Å². The number of fused-ring (bicyclic) bond motifs is 3. The molecule has 0 saturated heterocycles. The summed E-state index contributed by atoms with van der Waals surface area (Å²) in [5, 5.41) is 1.38. The van der Waals surface area contributed by atoms with E-state index in [0.29, 0.717) is 0 Å². The van der Waals surface area contributed by atoms with E-state index in [1.54, 1.807) is 10.4 Å². The fraction of sp³-hybridized carbons (Fsp3) is 0.208. The molecule has 2 heterocycles. The van der Waals surface area contributed by atoms with Crippen LogP contribution in [0.15, 0.2) is 65.1 Å². The first-order valence-corrected chi connectivity index (χ1v) is 11.1. The highest BCUT2D eigenvalue weighted by Crippen LogP contribution is 2.43. The van der Waals surface area contributed by atoms with Gasteiger partial charge in [-0.25, -0.2) is 4.98 Å². The summed E-state index contributed by atoms with van der Waals surface area (Å²) in [6, 6.07) is 21.5. The van der Waals surface area contributed by atoms with Crippen molar-refractivity contribution in [2.45, 2.75) is 26.2 Å². The van der Waals surface area contributed by atoms with Gasteiger partial charge in [0.1, 0.15) is 4.83 Å². The summed E-state index contributed by atoms with van der Waals surface area (Å²) in [4.78, 5) is 7.83. The molecule has 0 N–H and O–H groups in total. The number of pyridine rings is 1. The monoisotopic (exact) mass is 469 g/mol. The molecule has 142 valence electrons. The second-order valence-corrected chi connectivity index (χ2v) is 9.46. The van der Waals surface area contributed by atoms with Crippen LogP contribution in [0.3, 0.4) is 0 Å². The van der Waals surface area contributed by atoms with E-state index in [1.165, 1.54) is 40.6 Å². The van der Waals surface area contributed by atoms with Gasteiger partial charge in [-0.2, -0.15) is 0 Å². The first-order valence-electron chi connectivity index (χ1n) is 9.45. The number of hydrogen-bond donors (Lipinski definition) is 0. The summed E-state index contributed by atoms with van der Waals surface area (Å²) >= 11 is 5.44. The molecule has 28 heavy (non-hydrogen) atoms. The van der Waals surface area contributed by atoms with Gasteiger partial charge in [0.05, 0.1) is 5.69 Å². The van der Waals surface area contributed by atoms with Crippen LogP contribution in [-0.2, 0) is 12.8 Å². The zero-order chi connectivity index (χ0) is 18.4. The highest BCUT2D eigenvalue weighted by molar-refractivity contribution is 9.10. The van der Waals surface area contributed by atoms with Gasteiger partial charge in [0.15, 0.2) is 0 Å². The lowest BCUT2D eigenvalue weighted by Crippen LogP contribution is -2.08. The lowest BCUT2D eigenvalue weighted by Gasteiger charge is -2.18. The van der Waals surface area contributed by atoms with Crippen molar-refractivity contribution in [1.82, 2.24) is 4.98 Å². The van der Waals surface area contributed by atoms with Crippen LogP contribution in [0.4, 0.5) is 0 Å². The highest BCUT2D eigenvalue weighted by atomic mass is 79.9. The molecule has 4 aromatic rings. The number of benzene rings is 2. The molecule has 0 radical (unpaired) electrons. The molecule has 0 bridgehead atoms. The standard InChI is InChI=1S/C24H20BrNS.ClH/c1-15-7-12-19-22(13-15)27-24-23(19)20(16-5-3-2-4-6-16)14-21(26-24)17-8-10-18(25)11-9-17;/h2-6,8-11,14-15H,7,12-13H2,1H3;1H. The predicted octanol–water partition coefficient (Wildman–Crippen LogP) is 7.94. The Balaban J connectivity index is 0.00000192. The molecule has 0 aliphatic heterocycles. The van der Waals surface area contributed by atoms with E-state index >= 15 is 0 Å². The minimum Gasteiger partial charge on any atom is -0.237 e. The largest absolute Gasteiger partial charge is 0.237 e. The van der Waals surface area contributed by atoms with Crippen molar-refractivity contribution in [3.05, 3.63) is 75.6 Å². The molecule has 1 aliphatic carbocycles.